The molecular formula is C18H23N3O3S. The number of aliphatic hydroxyl groups is 2. The van der Waals surface area contributed by atoms with Gasteiger partial charge in [0, 0.05) is 17.0 Å². The number of amides is 1. The van der Waals surface area contributed by atoms with Crippen LogP contribution in [0.2, 0.25) is 0 Å². The van der Waals surface area contributed by atoms with Gasteiger partial charge in [-0.3, -0.25) is 9.79 Å². The molecule has 0 spiro atoms. The van der Waals surface area contributed by atoms with Crippen LogP contribution < -0.4 is 10.6 Å². The van der Waals surface area contributed by atoms with Crippen LogP contribution in [0.15, 0.2) is 29.3 Å². The van der Waals surface area contributed by atoms with Crippen LogP contribution in [0.3, 0.4) is 0 Å². The van der Waals surface area contributed by atoms with E-state index in [1.807, 2.05) is 31.2 Å². The summed E-state index contributed by atoms with van der Waals surface area (Å²) in [5.74, 6) is -0.363. The third kappa shape index (κ3) is 3.54. The van der Waals surface area contributed by atoms with Gasteiger partial charge in [-0.05, 0) is 38.3 Å². The highest BCUT2D eigenvalue weighted by atomic mass is 32.2. The molecule has 1 aromatic rings. The first-order valence-corrected chi connectivity index (χ1v) is 9.64. The number of thioether (sulfide) groups is 1. The number of aliphatic imine (C=N–C) groups is 1. The molecule has 134 valence electrons. The van der Waals surface area contributed by atoms with Crippen LogP contribution in [-0.4, -0.2) is 50.8 Å². The quantitative estimate of drug-likeness (QED) is 0.650. The molecule has 1 aliphatic heterocycles. The monoisotopic (exact) mass is 361 g/mol. The summed E-state index contributed by atoms with van der Waals surface area (Å²) in [6, 6.07) is 7.80. The van der Waals surface area contributed by atoms with Gasteiger partial charge in [0.05, 0.1) is 18.1 Å². The molecule has 2 fully saturated rings. The summed E-state index contributed by atoms with van der Waals surface area (Å²) in [4.78, 5) is 17.1. The number of fused-ring (bicyclic) bond motifs is 1. The Kier molecular flexibility index (Phi) is 4.47. The van der Waals surface area contributed by atoms with E-state index in [0.29, 0.717) is 5.17 Å². The highest BCUT2D eigenvalue weighted by Crippen LogP contribution is 2.41. The average molecular weight is 361 g/mol. The Morgan fingerprint density at radius 2 is 1.96 bits per heavy atom. The van der Waals surface area contributed by atoms with Gasteiger partial charge in [0.1, 0.15) is 6.10 Å². The number of nitrogens with one attached hydrogen (secondary N) is 2. The maximum Gasteiger partial charge on any atom is 0.224 e. The van der Waals surface area contributed by atoms with Crippen LogP contribution in [0.4, 0.5) is 5.69 Å². The number of anilines is 1. The molecular weight excluding hydrogens is 338 g/mol. The first-order chi connectivity index (χ1) is 12.0. The fourth-order valence-electron chi connectivity index (χ4n) is 3.40. The van der Waals surface area contributed by atoms with E-state index in [0.717, 1.165) is 18.5 Å². The Hall–Kier alpha value is -1.57. The number of nitrogens with zero attached hydrogens (tertiary/aromatic N) is 1. The normalized spacial score (nSPS) is 34.2. The zero-order chi connectivity index (χ0) is 17.6. The minimum Gasteiger partial charge on any atom is -0.390 e. The van der Waals surface area contributed by atoms with E-state index >= 15 is 0 Å². The van der Waals surface area contributed by atoms with Gasteiger partial charge < -0.3 is 20.8 Å². The third-order valence-corrected chi connectivity index (χ3v) is 6.36. The van der Waals surface area contributed by atoms with Crippen LogP contribution in [0.5, 0.6) is 0 Å². The minimum absolute atomic E-state index is 0.0252. The lowest BCUT2D eigenvalue weighted by Crippen LogP contribution is -2.54. The molecule has 25 heavy (non-hydrogen) atoms. The van der Waals surface area contributed by atoms with Gasteiger partial charge in [-0.15, -0.1) is 0 Å². The Morgan fingerprint density at radius 1 is 1.24 bits per heavy atom. The van der Waals surface area contributed by atoms with Crippen LogP contribution in [0.1, 0.15) is 24.8 Å². The number of amidine groups is 1. The predicted molar refractivity (Wildman–Crippen MR) is 98.7 cm³/mol. The lowest BCUT2D eigenvalue weighted by atomic mass is 9.81. The molecule has 2 saturated carbocycles. The van der Waals surface area contributed by atoms with E-state index in [4.69, 9.17) is 0 Å². The van der Waals surface area contributed by atoms with E-state index in [9.17, 15) is 15.0 Å². The van der Waals surface area contributed by atoms with Gasteiger partial charge in [-0.1, -0.05) is 29.5 Å². The fraction of sp³-hybridized carbons (Fsp3) is 0.556. The van der Waals surface area contributed by atoms with E-state index in [2.05, 4.69) is 15.6 Å². The van der Waals surface area contributed by atoms with Gasteiger partial charge in [-0.25, -0.2) is 0 Å². The fourth-order valence-corrected chi connectivity index (χ4v) is 4.78. The molecule has 0 saturated heterocycles. The highest BCUT2D eigenvalue weighted by Gasteiger charge is 2.50. The van der Waals surface area contributed by atoms with Crippen molar-refractivity contribution < 1.29 is 15.0 Å². The van der Waals surface area contributed by atoms with Crippen molar-refractivity contribution in [3.05, 3.63) is 29.8 Å². The molecule has 0 aromatic heterocycles. The van der Waals surface area contributed by atoms with E-state index in [1.54, 1.807) is 0 Å². The van der Waals surface area contributed by atoms with Crippen LogP contribution in [-0.2, 0) is 4.79 Å². The van der Waals surface area contributed by atoms with Gasteiger partial charge in [0.25, 0.3) is 0 Å². The van der Waals surface area contributed by atoms with Crippen molar-refractivity contribution in [2.24, 2.45) is 10.9 Å². The molecule has 4 rings (SSSR count). The Morgan fingerprint density at radius 3 is 2.64 bits per heavy atom. The predicted octanol–water partition coefficient (Wildman–Crippen LogP) is 1.27. The number of rotatable bonds is 3. The van der Waals surface area contributed by atoms with Gasteiger partial charge in [0.15, 0.2) is 5.17 Å². The number of hydrogen-bond acceptors (Lipinski definition) is 6. The van der Waals surface area contributed by atoms with Crippen LogP contribution in [0, 0.1) is 12.8 Å². The van der Waals surface area contributed by atoms with Crippen molar-refractivity contribution in [3.63, 3.8) is 0 Å². The summed E-state index contributed by atoms with van der Waals surface area (Å²) in [7, 11) is 0. The molecule has 2 aliphatic carbocycles. The first kappa shape index (κ1) is 16.9. The van der Waals surface area contributed by atoms with Crippen LogP contribution in [0.25, 0.3) is 0 Å². The number of aryl methyl sites for hydroxylation is 1. The summed E-state index contributed by atoms with van der Waals surface area (Å²) in [5.41, 5.74) is 2.10. The van der Waals surface area contributed by atoms with Gasteiger partial charge in [0.2, 0.25) is 5.91 Å². The van der Waals surface area contributed by atoms with E-state index < -0.39 is 18.2 Å². The largest absolute Gasteiger partial charge is 0.390 e. The molecule has 6 nitrogen and oxygen atoms in total. The summed E-state index contributed by atoms with van der Waals surface area (Å²) in [6.45, 7) is 2.03. The molecule has 5 atom stereocenters. The number of benzene rings is 1. The topological polar surface area (TPSA) is 94.0 Å². The number of carbonyl (C=O) groups is 1. The van der Waals surface area contributed by atoms with Crippen molar-refractivity contribution in [2.45, 2.75) is 55.7 Å². The van der Waals surface area contributed by atoms with E-state index in [1.165, 1.54) is 17.3 Å². The second-order valence-corrected chi connectivity index (χ2v) is 8.35. The molecule has 0 bridgehead atoms. The van der Waals surface area contributed by atoms with Crippen molar-refractivity contribution in [3.8, 4) is 0 Å². The lowest BCUT2D eigenvalue weighted by molar-refractivity contribution is -0.129. The average Bonchev–Trinajstić information content (AvgIpc) is 3.30. The standard InChI is InChI=1S/C18H23N3O3S/c1-9-2-4-11(5-3-9)20-18-21-14-15(23)13(22)8-12(16(14)25-18)17(24)19-10-6-7-10/h2-5,10,12-16,22-23H,6-8H2,1H3,(H,19,24)(H,20,21)/t12-,13+,14-,15-,16+/m0/s1. The summed E-state index contributed by atoms with van der Waals surface area (Å²) < 4.78 is 0. The Bertz CT molecular complexity index is 689. The zero-order valence-corrected chi connectivity index (χ0v) is 14.9. The van der Waals surface area contributed by atoms with E-state index in [-0.39, 0.29) is 29.5 Å². The summed E-state index contributed by atoms with van der Waals surface area (Å²) in [6.07, 6.45) is 0.490. The smallest absolute Gasteiger partial charge is 0.224 e. The van der Waals surface area contributed by atoms with Gasteiger partial charge in [-0.2, -0.15) is 0 Å². The lowest BCUT2D eigenvalue weighted by Gasteiger charge is -2.37. The molecule has 4 N–H and O–H groups in total. The zero-order valence-electron chi connectivity index (χ0n) is 14.1. The summed E-state index contributed by atoms with van der Waals surface area (Å²) in [5, 5.41) is 27.3. The molecule has 1 aromatic carbocycles. The Balaban J connectivity index is 1.49. The molecule has 0 unspecified atom stereocenters. The maximum atomic E-state index is 12.6. The highest BCUT2D eigenvalue weighted by molar-refractivity contribution is 8.15. The van der Waals surface area contributed by atoms with Crippen LogP contribution >= 0.6 is 11.8 Å². The number of aliphatic hydroxyl groups excluding tert-OH is 2. The van der Waals surface area contributed by atoms with Crippen molar-refractivity contribution in [1.82, 2.24) is 5.32 Å². The second-order valence-electron chi connectivity index (χ2n) is 7.18. The molecule has 0 radical (unpaired) electrons. The summed E-state index contributed by atoms with van der Waals surface area (Å²) >= 11 is 1.49. The Labute approximate surface area is 151 Å². The molecule has 7 heteroatoms. The minimum atomic E-state index is -0.931. The third-order valence-electron chi connectivity index (χ3n) is 5.05. The molecule has 1 heterocycles. The number of hydrogen-bond donors (Lipinski definition) is 4. The van der Waals surface area contributed by atoms with Gasteiger partial charge >= 0.3 is 0 Å². The maximum absolute atomic E-state index is 12.6. The first-order valence-electron chi connectivity index (χ1n) is 8.76. The second kappa shape index (κ2) is 6.63. The SMILES string of the molecule is Cc1ccc(NC2=N[C@H]3[C@@H](O)[C@H](O)C[C@H](C(=O)NC4CC4)[C@H]3S2)cc1. The van der Waals surface area contributed by atoms with Crippen molar-refractivity contribution in [2.75, 3.05) is 5.32 Å². The number of carbonyl (C=O) groups excluding carboxylic acids is 1. The molecule has 1 amide bonds. The van der Waals surface area contributed by atoms with Crippen molar-refractivity contribution in [1.29, 1.82) is 0 Å². The molecule has 3 aliphatic rings. The van der Waals surface area contributed by atoms with Crippen molar-refractivity contribution >= 4 is 28.5 Å².